The average Bonchev–Trinajstić information content (AvgIpc) is 2.92. The Balaban J connectivity index is 1.90. The molecule has 0 bridgehead atoms. The molecule has 1 fully saturated rings. The van der Waals surface area contributed by atoms with Gasteiger partial charge in [0.15, 0.2) is 5.17 Å². The van der Waals surface area contributed by atoms with E-state index < -0.39 is 4.92 Å². The van der Waals surface area contributed by atoms with Gasteiger partial charge in [-0.1, -0.05) is 25.1 Å². The Morgan fingerprint density at radius 1 is 1.15 bits per heavy atom. The number of carbonyl (C=O) groups excluding carboxylic acids is 1. The van der Waals surface area contributed by atoms with Gasteiger partial charge in [0.2, 0.25) is 0 Å². The SMILES string of the molecule is CCCN1C(=O)C(=Cc2ccc([N+](=O)[O-])cc2)SC1=Nc1ccccc1. The highest BCUT2D eigenvalue weighted by atomic mass is 32.2. The maximum atomic E-state index is 12.7. The number of rotatable bonds is 5. The van der Waals surface area contributed by atoms with Crippen LogP contribution in [0.15, 0.2) is 64.5 Å². The van der Waals surface area contributed by atoms with Crippen LogP contribution in [0.4, 0.5) is 11.4 Å². The minimum Gasteiger partial charge on any atom is -0.286 e. The van der Waals surface area contributed by atoms with Crippen molar-refractivity contribution in [2.45, 2.75) is 13.3 Å². The molecule has 1 heterocycles. The van der Waals surface area contributed by atoms with E-state index in [1.165, 1.54) is 23.9 Å². The van der Waals surface area contributed by atoms with E-state index in [1.54, 1.807) is 23.1 Å². The fourth-order valence-corrected chi connectivity index (χ4v) is 3.49. The maximum Gasteiger partial charge on any atom is 0.269 e. The fraction of sp³-hybridized carbons (Fsp3) is 0.158. The first-order valence-corrected chi connectivity index (χ1v) is 8.99. The number of amidine groups is 1. The molecule has 26 heavy (non-hydrogen) atoms. The normalized spacial score (nSPS) is 17.3. The van der Waals surface area contributed by atoms with Crippen molar-refractivity contribution >= 4 is 40.3 Å². The number of thioether (sulfide) groups is 1. The van der Waals surface area contributed by atoms with Crippen LogP contribution in [-0.4, -0.2) is 27.4 Å². The molecule has 0 spiro atoms. The summed E-state index contributed by atoms with van der Waals surface area (Å²) in [5.41, 5.74) is 1.56. The van der Waals surface area contributed by atoms with Crippen molar-refractivity contribution in [2.75, 3.05) is 6.54 Å². The number of hydrogen-bond donors (Lipinski definition) is 0. The lowest BCUT2D eigenvalue weighted by atomic mass is 10.2. The third-order valence-electron chi connectivity index (χ3n) is 3.72. The lowest BCUT2D eigenvalue weighted by molar-refractivity contribution is -0.384. The van der Waals surface area contributed by atoms with Gasteiger partial charge in [-0.2, -0.15) is 0 Å². The standard InChI is InChI=1S/C19H17N3O3S/c1-2-12-21-18(23)17(13-14-8-10-16(11-9-14)22(24)25)26-19(21)20-15-6-4-3-5-7-15/h3-11,13H,2,12H2,1H3. The number of non-ortho nitro benzene ring substituents is 1. The molecule has 0 atom stereocenters. The van der Waals surface area contributed by atoms with Crippen LogP contribution >= 0.6 is 11.8 Å². The number of hydrogen-bond acceptors (Lipinski definition) is 5. The van der Waals surface area contributed by atoms with Crippen LogP contribution in [0, 0.1) is 10.1 Å². The summed E-state index contributed by atoms with van der Waals surface area (Å²) in [6.07, 6.45) is 2.57. The van der Waals surface area contributed by atoms with E-state index in [1.807, 2.05) is 37.3 Å². The Labute approximate surface area is 155 Å². The second-order valence-electron chi connectivity index (χ2n) is 5.65. The van der Waals surface area contributed by atoms with E-state index in [9.17, 15) is 14.9 Å². The molecular weight excluding hydrogens is 350 g/mol. The highest BCUT2D eigenvalue weighted by Gasteiger charge is 2.32. The first-order valence-electron chi connectivity index (χ1n) is 8.18. The number of carbonyl (C=O) groups is 1. The molecule has 1 saturated heterocycles. The van der Waals surface area contributed by atoms with Gasteiger partial charge in [0.1, 0.15) is 0 Å². The fourth-order valence-electron chi connectivity index (χ4n) is 2.47. The first-order chi connectivity index (χ1) is 12.6. The third kappa shape index (κ3) is 4.00. The van der Waals surface area contributed by atoms with Crippen LogP contribution < -0.4 is 0 Å². The number of nitrogens with zero attached hydrogens (tertiary/aromatic N) is 3. The number of aliphatic imine (C=N–C) groups is 1. The molecule has 2 aromatic carbocycles. The lowest BCUT2D eigenvalue weighted by Crippen LogP contribution is -2.29. The second-order valence-corrected chi connectivity index (χ2v) is 6.66. The summed E-state index contributed by atoms with van der Waals surface area (Å²) in [5.74, 6) is -0.0927. The molecule has 3 rings (SSSR count). The van der Waals surface area contributed by atoms with Crippen molar-refractivity contribution in [3.05, 3.63) is 75.2 Å². The Hall–Kier alpha value is -2.93. The predicted molar refractivity (Wildman–Crippen MR) is 104 cm³/mol. The van der Waals surface area contributed by atoms with Crippen LogP contribution in [0.2, 0.25) is 0 Å². The summed E-state index contributed by atoms with van der Waals surface area (Å²) in [6, 6.07) is 15.6. The Morgan fingerprint density at radius 2 is 1.85 bits per heavy atom. The molecule has 1 aliphatic heterocycles. The third-order valence-corrected chi connectivity index (χ3v) is 4.72. The Morgan fingerprint density at radius 3 is 2.46 bits per heavy atom. The highest BCUT2D eigenvalue weighted by molar-refractivity contribution is 8.18. The van der Waals surface area contributed by atoms with Gasteiger partial charge in [0.05, 0.1) is 15.5 Å². The molecule has 7 heteroatoms. The van der Waals surface area contributed by atoms with Crippen molar-refractivity contribution in [3.8, 4) is 0 Å². The minimum atomic E-state index is -0.444. The van der Waals surface area contributed by atoms with Crippen LogP contribution in [0.25, 0.3) is 6.08 Å². The summed E-state index contributed by atoms with van der Waals surface area (Å²) in [6.45, 7) is 2.60. The van der Waals surface area contributed by atoms with Crippen LogP contribution in [0.1, 0.15) is 18.9 Å². The summed E-state index contributed by atoms with van der Waals surface area (Å²) >= 11 is 1.32. The van der Waals surface area contributed by atoms with Crippen molar-refractivity contribution in [2.24, 2.45) is 4.99 Å². The molecule has 0 aromatic heterocycles. The van der Waals surface area contributed by atoms with Gasteiger partial charge in [-0.25, -0.2) is 4.99 Å². The first kappa shape index (κ1) is 17.9. The van der Waals surface area contributed by atoms with Crippen molar-refractivity contribution < 1.29 is 9.72 Å². The van der Waals surface area contributed by atoms with E-state index in [0.717, 1.165) is 17.7 Å². The van der Waals surface area contributed by atoms with E-state index in [0.29, 0.717) is 16.6 Å². The number of nitro groups is 1. The summed E-state index contributed by atoms with van der Waals surface area (Å²) in [5, 5.41) is 11.4. The van der Waals surface area contributed by atoms with E-state index in [4.69, 9.17) is 0 Å². The monoisotopic (exact) mass is 367 g/mol. The molecule has 132 valence electrons. The average molecular weight is 367 g/mol. The molecule has 0 saturated carbocycles. The zero-order valence-electron chi connectivity index (χ0n) is 14.2. The molecule has 0 aliphatic carbocycles. The molecular formula is C19H17N3O3S. The van der Waals surface area contributed by atoms with Crippen LogP contribution in [0.5, 0.6) is 0 Å². The molecule has 2 aromatic rings. The topological polar surface area (TPSA) is 75.8 Å². The zero-order valence-corrected chi connectivity index (χ0v) is 15.0. The quantitative estimate of drug-likeness (QED) is 0.439. The summed E-state index contributed by atoms with van der Waals surface area (Å²) in [7, 11) is 0. The van der Waals surface area contributed by atoms with Crippen LogP contribution in [0.3, 0.4) is 0 Å². The van der Waals surface area contributed by atoms with Gasteiger partial charge in [-0.05, 0) is 54.1 Å². The van der Waals surface area contributed by atoms with Gasteiger partial charge in [0, 0.05) is 18.7 Å². The number of amides is 1. The molecule has 6 nitrogen and oxygen atoms in total. The van der Waals surface area contributed by atoms with Gasteiger partial charge >= 0.3 is 0 Å². The van der Waals surface area contributed by atoms with Crippen molar-refractivity contribution in [1.82, 2.24) is 4.90 Å². The van der Waals surface area contributed by atoms with E-state index in [-0.39, 0.29) is 11.6 Å². The van der Waals surface area contributed by atoms with E-state index in [2.05, 4.69) is 4.99 Å². The number of para-hydroxylation sites is 1. The molecule has 0 radical (unpaired) electrons. The van der Waals surface area contributed by atoms with E-state index >= 15 is 0 Å². The van der Waals surface area contributed by atoms with Crippen molar-refractivity contribution in [1.29, 1.82) is 0 Å². The smallest absolute Gasteiger partial charge is 0.269 e. The minimum absolute atomic E-state index is 0.0245. The maximum absolute atomic E-state index is 12.7. The van der Waals surface area contributed by atoms with Gasteiger partial charge in [0.25, 0.3) is 11.6 Å². The Bertz CT molecular complexity index is 877. The highest BCUT2D eigenvalue weighted by Crippen LogP contribution is 2.34. The summed E-state index contributed by atoms with van der Waals surface area (Å²) in [4.78, 5) is 29.9. The predicted octanol–water partition coefficient (Wildman–Crippen LogP) is 4.61. The molecule has 1 aliphatic rings. The van der Waals surface area contributed by atoms with Crippen molar-refractivity contribution in [3.63, 3.8) is 0 Å². The summed E-state index contributed by atoms with van der Waals surface area (Å²) < 4.78 is 0. The Kier molecular flexibility index (Phi) is 5.48. The zero-order chi connectivity index (χ0) is 18.5. The number of nitro benzene ring substituents is 1. The van der Waals surface area contributed by atoms with Gasteiger partial charge < -0.3 is 0 Å². The van der Waals surface area contributed by atoms with Crippen LogP contribution in [-0.2, 0) is 4.79 Å². The molecule has 1 amide bonds. The second kappa shape index (κ2) is 7.97. The molecule has 0 N–H and O–H groups in total. The largest absolute Gasteiger partial charge is 0.286 e. The lowest BCUT2D eigenvalue weighted by Gasteiger charge is -2.13. The van der Waals surface area contributed by atoms with Gasteiger partial charge in [-0.15, -0.1) is 0 Å². The molecule has 0 unspecified atom stereocenters. The number of benzene rings is 2. The van der Waals surface area contributed by atoms with Gasteiger partial charge in [-0.3, -0.25) is 19.8 Å².